The molecule has 1 aliphatic carbocycles. The third-order valence-electron chi connectivity index (χ3n) is 4.33. The van der Waals surface area contributed by atoms with Crippen LogP contribution in [0.1, 0.15) is 57.4 Å². The average Bonchev–Trinajstić information content (AvgIpc) is 2.74. The van der Waals surface area contributed by atoms with Crippen LogP contribution >= 0.6 is 22.9 Å². The Balaban J connectivity index is 1.94. The van der Waals surface area contributed by atoms with Crippen LogP contribution in [0.2, 0.25) is 4.34 Å². The van der Waals surface area contributed by atoms with Crippen LogP contribution in [-0.4, -0.2) is 5.11 Å². The van der Waals surface area contributed by atoms with Crippen molar-refractivity contribution in [3.05, 3.63) is 21.3 Å². The van der Waals surface area contributed by atoms with E-state index in [2.05, 4.69) is 20.8 Å². The van der Waals surface area contributed by atoms with Gasteiger partial charge in [-0.25, -0.2) is 0 Å². The van der Waals surface area contributed by atoms with E-state index in [-0.39, 0.29) is 6.10 Å². The fourth-order valence-electron chi connectivity index (χ4n) is 3.02. The molecule has 1 aromatic rings. The highest BCUT2D eigenvalue weighted by Gasteiger charge is 2.33. The van der Waals surface area contributed by atoms with Gasteiger partial charge in [-0.05, 0) is 55.1 Å². The van der Waals surface area contributed by atoms with Crippen molar-refractivity contribution >= 4 is 22.9 Å². The summed E-state index contributed by atoms with van der Waals surface area (Å²) in [5, 5.41) is 10.4. The first-order valence-electron chi connectivity index (χ1n) is 6.81. The molecule has 0 amide bonds. The standard InChI is InChI=1S/C15H23ClOS/c1-15(2,3)11-6-4-10(5-7-11)14(17)12-8-9-13(16)18-12/h8-11,14,17H,4-7H2,1-3H3. The quantitative estimate of drug-likeness (QED) is 0.783. The van der Waals surface area contributed by atoms with Gasteiger partial charge < -0.3 is 5.11 Å². The third kappa shape index (κ3) is 3.28. The first-order valence-corrected chi connectivity index (χ1v) is 8.00. The molecule has 102 valence electrons. The lowest BCUT2D eigenvalue weighted by atomic mass is 9.69. The normalized spacial score (nSPS) is 27.2. The number of aliphatic hydroxyl groups is 1. The molecule has 3 heteroatoms. The highest BCUT2D eigenvalue weighted by molar-refractivity contribution is 7.16. The Morgan fingerprint density at radius 1 is 1.22 bits per heavy atom. The summed E-state index contributed by atoms with van der Waals surface area (Å²) in [6.45, 7) is 6.98. The van der Waals surface area contributed by atoms with E-state index < -0.39 is 0 Å². The molecule has 2 rings (SSSR count). The molecule has 1 saturated carbocycles. The van der Waals surface area contributed by atoms with Crippen LogP contribution in [0.5, 0.6) is 0 Å². The van der Waals surface area contributed by atoms with Crippen molar-refractivity contribution in [1.29, 1.82) is 0 Å². The lowest BCUT2D eigenvalue weighted by molar-refractivity contribution is 0.0550. The smallest absolute Gasteiger partial charge is 0.0932 e. The predicted octanol–water partition coefficient (Wildman–Crippen LogP) is 5.29. The number of rotatable bonds is 2. The third-order valence-corrected chi connectivity index (χ3v) is 5.63. The second kappa shape index (κ2) is 5.52. The van der Waals surface area contributed by atoms with Gasteiger partial charge in [-0.1, -0.05) is 32.4 Å². The van der Waals surface area contributed by atoms with Crippen molar-refractivity contribution in [2.75, 3.05) is 0 Å². The van der Waals surface area contributed by atoms with Crippen LogP contribution in [0.25, 0.3) is 0 Å². The highest BCUT2D eigenvalue weighted by atomic mass is 35.5. The molecule has 1 unspecified atom stereocenters. The number of halogens is 1. The number of thiophene rings is 1. The van der Waals surface area contributed by atoms with E-state index in [1.54, 1.807) is 0 Å². The van der Waals surface area contributed by atoms with Gasteiger partial charge >= 0.3 is 0 Å². The minimum absolute atomic E-state index is 0.316. The van der Waals surface area contributed by atoms with Crippen molar-refractivity contribution in [2.24, 2.45) is 17.3 Å². The molecule has 1 aromatic heterocycles. The SMILES string of the molecule is CC(C)(C)C1CCC(C(O)c2ccc(Cl)s2)CC1. The van der Waals surface area contributed by atoms with Crippen molar-refractivity contribution in [1.82, 2.24) is 0 Å². The molecule has 1 atom stereocenters. The fraction of sp³-hybridized carbons (Fsp3) is 0.733. The maximum Gasteiger partial charge on any atom is 0.0932 e. The van der Waals surface area contributed by atoms with Crippen molar-refractivity contribution in [3.63, 3.8) is 0 Å². The molecule has 18 heavy (non-hydrogen) atoms. The summed E-state index contributed by atoms with van der Waals surface area (Å²) in [5.41, 5.74) is 0.405. The van der Waals surface area contributed by atoms with Gasteiger partial charge in [0.1, 0.15) is 0 Å². The summed E-state index contributed by atoms with van der Waals surface area (Å²) in [4.78, 5) is 1.03. The molecular weight excluding hydrogens is 264 g/mol. The summed E-state index contributed by atoms with van der Waals surface area (Å²) in [6, 6.07) is 3.85. The van der Waals surface area contributed by atoms with E-state index in [9.17, 15) is 5.11 Å². The summed E-state index contributed by atoms with van der Waals surface area (Å²) >= 11 is 7.45. The Morgan fingerprint density at radius 3 is 2.28 bits per heavy atom. The number of aliphatic hydroxyl groups excluding tert-OH is 1. The molecule has 0 spiro atoms. The second-order valence-corrected chi connectivity index (χ2v) is 8.31. The van der Waals surface area contributed by atoms with E-state index in [0.717, 1.165) is 28.0 Å². The maximum atomic E-state index is 10.4. The summed E-state index contributed by atoms with van der Waals surface area (Å²) in [7, 11) is 0. The zero-order valence-corrected chi connectivity index (χ0v) is 13.0. The minimum atomic E-state index is -0.316. The van der Waals surface area contributed by atoms with E-state index >= 15 is 0 Å². The molecule has 1 heterocycles. The molecule has 0 saturated heterocycles. The Kier molecular flexibility index (Phi) is 4.40. The highest BCUT2D eigenvalue weighted by Crippen LogP contribution is 2.44. The average molecular weight is 287 g/mol. The van der Waals surface area contributed by atoms with Gasteiger partial charge in [-0.2, -0.15) is 0 Å². The van der Waals surface area contributed by atoms with Crippen molar-refractivity contribution < 1.29 is 5.11 Å². The van der Waals surface area contributed by atoms with Crippen LogP contribution in [-0.2, 0) is 0 Å². The van der Waals surface area contributed by atoms with Gasteiger partial charge in [0.05, 0.1) is 10.4 Å². The molecule has 1 N–H and O–H groups in total. The maximum absolute atomic E-state index is 10.4. The van der Waals surface area contributed by atoms with E-state index in [1.807, 2.05) is 12.1 Å². The zero-order valence-electron chi connectivity index (χ0n) is 11.4. The lowest BCUT2D eigenvalue weighted by Crippen LogP contribution is -2.27. The second-order valence-electron chi connectivity index (χ2n) is 6.56. The first-order chi connectivity index (χ1) is 8.38. The topological polar surface area (TPSA) is 20.2 Å². The Bertz CT molecular complexity index is 385. The van der Waals surface area contributed by atoms with Gasteiger partial charge in [-0.3, -0.25) is 0 Å². The molecule has 0 bridgehead atoms. The van der Waals surface area contributed by atoms with E-state index in [4.69, 9.17) is 11.6 Å². The summed E-state index contributed by atoms with van der Waals surface area (Å²) in [5.74, 6) is 1.21. The Morgan fingerprint density at radius 2 is 1.83 bits per heavy atom. The Hall–Kier alpha value is -0.0500. The molecule has 0 aromatic carbocycles. The monoisotopic (exact) mass is 286 g/mol. The van der Waals surface area contributed by atoms with Crippen LogP contribution < -0.4 is 0 Å². The largest absolute Gasteiger partial charge is 0.387 e. The van der Waals surface area contributed by atoms with Crippen LogP contribution in [0.4, 0.5) is 0 Å². The zero-order chi connectivity index (χ0) is 13.3. The van der Waals surface area contributed by atoms with Gasteiger partial charge in [0.2, 0.25) is 0 Å². The number of hydrogen-bond donors (Lipinski definition) is 1. The lowest BCUT2D eigenvalue weighted by Gasteiger charge is -2.38. The van der Waals surface area contributed by atoms with Gasteiger partial charge in [0, 0.05) is 4.88 Å². The first kappa shape index (κ1) is 14.4. The molecule has 0 radical (unpaired) electrons. The number of hydrogen-bond acceptors (Lipinski definition) is 2. The molecule has 1 aliphatic rings. The van der Waals surface area contributed by atoms with Gasteiger partial charge in [0.25, 0.3) is 0 Å². The fourth-order valence-corrected chi connectivity index (χ4v) is 4.16. The van der Waals surface area contributed by atoms with Gasteiger partial charge in [-0.15, -0.1) is 11.3 Å². The van der Waals surface area contributed by atoms with Crippen LogP contribution in [0.3, 0.4) is 0 Å². The van der Waals surface area contributed by atoms with E-state index in [0.29, 0.717) is 11.3 Å². The Labute approximate surface area is 119 Å². The van der Waals surface area contributed by atoms with Crippen molar-refractivity contribution in [3.8, 4) is 0 Å². The summed E-state index contributed by atoms with van der Waals surface area (Å²) in [6.07, 6.45) is 4.44. The molecular formula is C15H23ClOS. The molecule has 0 aliphatic heterocycles. The van der Waals surface area contributed by atoms with Crippen LogP contribution in [0.15, 0.2) is 12.1 Å². The van der Waals surface area contributed by atoms with Crippen LogP contribution in [0, 0.1) is 17.3 Å². The summed E-state index contributed by atoms with van der Waals surface area (Å²) < 4.78 is 0.771. The van der Waals surface area contributed by atoms with Gasteiger partial charge in [0.15, 0.2) is 0 Å². The van der Waals surface area contributed by atoms with Crippen molar-refractivity contribution in [2.45, 2.75) is 52.6 Å². The molecule has 1 fully saturated rings. The molecule has 1 nitrogen and oxygen atoms in total. The predicted molar refractivity (Wildman–Crippen MR) is 79.2 cm³/mol. The van der Waals surface area contributed by atoms with E-state index in [1.165, 1.54) is 24.2 Å². The minimum Gasteiger partial charge on any atom is -0.387 e.